The Kier molecular flexibility index (Phi) is 5.79. The van der Waals surface area contributed by atoms with E-state index in [-0.39, 0.29) is 17.5 Å². The van der Waals surface area contributed by atoms with Crippen LogP contribution in [0.1, 0.15) is 24.4 Å². The highest BCUT2D eigenvalue weighted by molar-refractivity contribution is 5.51. The first kappa shape index (κ1) is 19.4. The minimum absolute atomic E-state index is 0.0107. The molecular formula is C20H23F3N2O2. The van der Waals surface area contributed by atoms with Crippen molar-refractivity contribution in [1.29, 1.82) is 0 Å². The fourth-order valence-corrected chi connectivity index (χ4v) is 3.69. The van der Waals surface area contributed by atoms with Gasteiger partial charge < -0.3 is 20.1 Å². The molecule has 7 heteroatoms. The summed E-state index contributed by atoms with van der Waals surface area (Å²) >= 11 is 0. The van der Waals surface area contributed by atoms with Gasteiger partial charge in [0.2, 0.25) is 0 Å². The molecule has 0 amide bonds. The van der Waals surface area contributed by atoms with Crippen LogP contribution in [0, 0.1) is 5.92 Å². The molecule has 1 saturated heterocycles. The summed E-state index contributed by atoms with van der Waals surface area (Å²) in [6, 6.07) is 13.1. The lowest BCUT2D eigenvalue weighted by atomic mass is 9.84. The molecular weight excluding hydrogens is 357 g/mol. The average molecular weight is 380 g/mol. The van der Waals surface area contributed by atoms with E-state index in [1.54, 1.807) is 24.3 Å². The van der Waals surface area contributed by atoms with Crippen LogP contribution in [0.25, 0.3) is 0 Å². The van der Waals surface area contributed by atoms with Crippen LogP contribution >= 0.6 is 0 Å². The normalized spacial score (nSPS) is 16.7. The van der Waals surface area contributed by atoms with E-state index < -0.39 is 6.36 Å². The monoisotopic (exact) mass is 380 g/mol. The Morgan fingerprint density at radius 1 is 1.04 bits per heavy atom. The topological polar surface area (TPSA) is 44.7 Å². The Morgan fingerprint density at radius 2 is 1.63 bits per heavy atom. The number of nitrogens with one attached hydrogen (secondary N) is 1. The Morgan fingerprint density at radius 3 is 2.19 bits per heavy atom. The molecule has 1 fully saturated rings. The number of phenols is 1. The molecule has 1 aliphatic rings. The number of piperidine rings is 1. The van der Waals surface area contributed by atoms with Gasteiger partial charge in [0.1, 0.15) is 11.5 Å². The van der Waals surface area contributed by atoms with Crippen LogP contribution in [0.4, 0.5) is 18.9 Å². The average Bonchev–Trinajstić information content (AvgIpc) is 2.63. The van der Waals surface area contributed by atoms with Crippen LogP contribution in [0.2, 0.25) is 0 Å². The molecule has 1 atom stereocenters. The van der Waals surface area contributed by atoms with E-state index in [0.29, 0.717) is 5.92 Å². The molecule has 0 spiro atoms. The van der Waals surface area contributed by atoms with E-state index in [0.717, 1.165) is 37.2 Å². The second kappa shape index (κ2) is 8.08. The van der Waals surface area contributed by atoms with Crippen molar-refractivity contribution in [3.8, 4) is 11.5 Å². The largest absolute Gasteiger partial charge is 0.573 e. The maximum atomic E-state index is 12.4. The van der Waals surface area contributed by atoms with Crippen LogP contribution in [-0.2, 0) is 0 Å². The lowest BCUT2D eigenvalue weighted by molar-refractivity contribution is -0.274. The summed E-state index contributed by atoms with van der Waals surface area (Å²) in [5.74, 6) is 0.334. The van der Waals surface area contributed by atoms with Crippen LogP contribution in [0.3, 0.4) is 0 Å². The number of hydrogen-bond donors (Lipinski definition) is 2. The highest BCUT2D eigenvalue weighted by Gasteiger charge is 2.32. The number of benzene rings is 2. The minimum atomic E-state index is -4.70. The molecule has 0 radical (unpaired) electrons. The summed E-state index contributed by atoms with van der Waals surface area (Å²) < 4.78 is 41.2. The number of phenolic OH excluding ortho intramolecular Hbond substituents is 1. The van der Waals surface area contributed by atoms with Crippen LogP contribution in [-0.4, -0.2) is 31.6 Å². The predicted octanol–water partition coefficient (Wildman–Crippen LogP) is 4.47. The van der Waals surface area contributed by atoms with Crippen molar-refractivity contribution in [3.63, 3.8) is 0 Å². The quantitative estimate of drug-likeness (QED) is 0.804. The van der Waals surface area contributed by atoms with Crippen molar-refractivity contribution < 1.29 is 23.0 Å². The smallest absolute Gasteiger partial charge is 0.508 e. The number of hydrogen-bond acceptors (Lipinski definition) is 4. The molecule has 1 heterocycles. The van der Waals surface area contributed by atoms with Gasteiger partial charge in [0.25, 0.3) is 0 Å². The molecule has 2 aromatic rings. The molecule has 1 unspecified atom stereocenters. The van der Waals surface area contributed by atoms with Crippen molar-refractivity contribution in [2.45, 2.75) is 25.2 Å². The number of halogens is 3. The Balaban J connectivity index is 1.88. The number of aromatic hydroxyl groups is 1. The van der Waals surface area contributed by atoms with Gasteiger partial charge in [0.05, 0.1) is 6.04 Å². The lowest BCUT2D eigenvalue weighted by Crippen LogP contribution is -2.37. The van der Waals surface area contributed by atoms with Gasteiger partial charge in [0, 0.05) is 12.7 Å². The van der Waals surface area contributed by atoms with Crippen molar-refractivity contribution >= 4 is 5.69 Å². The van der Waals surface area contributed by atoms with Gasteiger partial charge in [-0.25, -0.2) is 0 Å². The van der Waals surface area contributed by atoms with E-state index in [1.807, 2.05) is 19.2 Å². The van der Waals surface area contributed by atoms with E-state index in [4.69, 9.17) is 0 Å². The fraction of sp³-hybridized carbons (Fsp3) is 0.400. The number of alkyl halides is 3. The molecule has 4 nitrogen and oxygen atoms in total. The molecule has 0 aromatic heterocycles. The number of nitrogens with zero attached hydrogens (tertiary/aromatic N) is 1. The highest BCUT2D eigenvalue weighted by atomic mass is 19.4. The first-order valence-electron chi connectivity index (χ1n) is 8.92. The standard InChI is InChI=1S/C20H23F3N2O2/c1-25(16-4-6-17(26)7-5-16)19(15-10-12-24-13-11-15)14-2-8-18(9-3-14)27-20(21,22)23/h2-9,15,19,24,26H,10-13H2,1H3. The zero-order valence-corrected chi connectivity index (χ0v) is 15.0. The highest BCUT2D eigenvalue weighted by Crippen LogP contribution is 2.37. The van der Waals surface area contributed by atoms with Gasteiger partial charge in [0.15, 0.2) is 0 Å². The van der Waals surface area contributed by atoms with Crippen molar-refractivity contribution in [3.05, 3.63) is 54.1 Å². The Bertz CT molecular complexity index is 726. The third-order valence-electron chi connectivity index (χ3n) is 4.96. The zero-order valence-electron chi connectivity index (χ0n) is 15.0. The summed E-state index contributed by atoms with van der Waals surface area (Å²) in [4.78, 5) is 2.12. The maximum absolute atomic E-state index is 12.4. The van der Waals surface area contributed by atoms with E-state index >= 15 is 0 Å². The van der Waals surface area contributed by atoms with Gasteiger partial charge in [-0.05, 0) is 73.8 Å². The number of ether oxygens (including phenoxy) is 1. The molecule has 146 valence electrons. The van der Waals surface area contributed by atoms with E-state index in [9.17, 15) is 18.3 Å². The summed E-state index contributed by atoms with van der Waals surface area (Å²) in [6.07, 6.45) is -2.74. The molecule has 1 aliphatic heterocycles. The third-order valence-corrected chi connectivity index (χ3v) is 4.96. The first-order valence-corrected chi connectivity index (χ1v) is 8.92. The molecule has 27 heavy (non-hydrogen) atoms. The maximum Gasteiger partial charge on any atom is 0.573 e. The zero-order chi connectivity index (χ0) is 19.4. The SMILES string of the molecule is CN(c1ccc(O)cc1)C(c1ccc(OC(F)(F)F)cc1)C1CCNCC1. The van der Waals surface area contributed by atoms with E-state index in [1.165, 1.54) is 12.1 Å². The molecule has 0 saturated carbocycles. The second-order valence-electron chi connectivity index (χ2n) is 6.78. The lowest BCUT2D eigenvalue weighted by Gasteiger charge is -2.38. The van der Waals surface area contributed by atoms with Gasteiger partial charge in [-0.3, -0.25) is 0 Å². The van der Waals surface area contributed by atoms with Crippen molar-refractivity contribution in [1.82, 2.24) is 5.32 Å². The Labute approximate surface area is 156 Å². The van der Waals surface area contributed by atoms with Crippen LogP contribution in [0.5, 0.6) is 11.5 Å². The van der Waals surface area contributed by atoms with Gasteiger partial charge >= 0.3 is 6.36 Å². The first-order chi connectivity index (χ1) is 12.8. The molecule has 2 N–H and O–H groups in total. The van der Waals surface area contributed by atoms with Crippen molar-refractivity contribution in [2.75, 3.05) is 25.0 Å². The molecule has 0 aliphatic carbocycles. The van der Waals surface area contributed by atoms with Crippen LogP contribution < -0.4 is 15.0 Å². The minimum Gasteiger partial charge on any atom is -0.508 e. The third kappa shape index (κ3) is 5.07. The van der Waals surface area contributed by atoms with Gasteiger partial charge in [-0.2, -0.15) is 0 Å². The summed E-state index contributed by atoms with van der Waals surface area (Å²) in [7, 11) is 1.97. The number of anilines is 1. The van der Waals surface area contributed by atoms with Crippen molar-refractivity contribution in [2.24, 2.45) is 5.92 Å². The summed E-state index contributed by atoms with van der Waals surface area (Å²) in [5, 5.41) is 12.9. The molecule has 0 bridgehead atoms. The second-order valence-corrected chi connectivity index (χ2v) is 6.78. The fourth-order valence-electron chi connectivity index (χ4n) is 3.69. The predicted molar refractivity (Wildman–Crippen MR) is 98.0 cm³/mol. The molecule has 2 aromatic carbocycles. The summed E-state index contributed by atoms with van der Waals surface area (Å²) in [5.41, 5.74) is 1.87. The van der Waals surface area contributed by atoms with E-state index in [2.05, 4.69) is 15.0 Å². The van der Waals surface area contributed by atoms with Gasteiger partial charge in [-0.15, -0.1) is 13.2 Å². The molecule has 3 rings (SSSR count). The number of rotatable bonds is 5. The van der Waals surface area contributed by atoms with Gasteiger partial charge in [-0.1, -0.05) is 12.1 Å². The van der Waals surface area contributed by atoms with Crippen LogP contribution in [0.15, 0.2) is 48.5 Å². The summed E-state index contributed by atoms with van der Waals surface area (Å²) in [6.45, 7) is 1.83. The Hall–Kier alpha value is -2.41.